The smallest absolute Gasteiger partial charge is 0.258 e. The third-order valence-electron chi connectivity index (χ3n) is 5.78. The van der Waals surface area contributed by atoms with Crippen LogP contribution in [0.3, 0.4) is 0 Å². The number of halogens is 1. The first-order valence-corrected chi connectivity index (χ1v) is 11.2. The standard InChI is InChI=1S/C26H29FN4O2/c1-30-12-14-31(15-13-30)18-22-16-21(20-5-8-23(27)9-6-20)7-10-25(22)33-19-26(32)29-17-24-4-2-3-11-28-24/h2-11,16H,12-15,17-19H2,1H3,(H,29,32). The van der Waals surface area contributed by atoms with Gasteiger partial charge in [-0.1, -0.05) is 24.3 Å². The zero-order valence-electron chi connectivity index (χ0n) is 18.8. The third kappa shape index (κ3) is 6.60. The van der Waals surface area contributed by atoms with Crippen molar-refractivity contribution in [1.29, 1.82) is 0 Å². The minimum atomic E-state index is -0.256. The molecule has 1 aliphatic rings. The first kappa shape index (κ1) is 22.9. The van der Waals surface area contributed by atoms with Crippen LogP contribution in [0.25, 0.3) is 11.1 Å². The van der Waals surface area contributed by atoms with Crippen LogP contribution in [0.15, 0.2) is 66.9 Å². The van der Waals surface area contributed by atoms with E-state index in [4.69, 9.17) is 4.74 Å². The quantitative estimate of drug-likeness (QED) is 0.573. The van der Waals surface area contributed by atoms with Crippen LogP contribution >= 0.6 is 0 Å². The zero-order valence-corrected chi connectivity index (χ0v) is 18.8. The minimum absolute atomic E-state index is 0.0710. The number of nitrogens with one attached hydrogen (secondary N) is 1. The highest BCUT2D eigenvalue weighted by Crippen LogP contribution is 2.28. The molecule has 1 aliphatic heterocycles. The molecule has 0 saturated carbocycles. The number of hydrogen-bond acceptors (Lipinski definition) is 5. The van der Waals surface area contributed by atoms with Crippen molar-refractivity contribution in [3.63, 3.8) is 0 Å². The molecule has 3 aromatic rings. The van der Waals surface area contributed by atoms with Crippen LogP contribution in [-0.4, -0.2) is 60.5 Å². The molecule has 0 unspecified atom stereocenters. The maximum Gasteiger partial charge on any atom is 0.258 e. The Morgan fingerprint density at radius 1 is 1.03 bits per heavy atom. The third-order valence-corrected chi connectivity index (χ3v) is 5.78. The fourth-order valence-corrected chi connectivity index (χ4v) is 3.80. The molecule has 1 N–H and O–H groups in total. The van der Waals surface area contributed by atoms with Crippen LogP contribution in [0.1, 0.15) is 11.3 Å². The Hall–Kier alpha value is -3.29. The number of piperazine rings is 1. The van der Waals surface area contributed by atoms with E-state index in [1.54, 1.807) is 18.3 Å². The summed E-state index contributed by atoms with van der Waals surface area (Å²) in [6, 6.07) is 18.0. The van der Waals surface area contributed by atoms with E-state index < -0.39 is 0 Å². The van der Waals surface area contributed by atoms with Crippen molar-refractivity contribution in [2.45, 2.75) is 13.1 Å². The molecule has 4 rings (SSSR count). The van der Waals surface area contributed by atoms with Gasteiger partial charge < -0.3 is 15.0 Å². The van der Waals surface area contributed by atoms with Gasteiger partial charge in [0.2, 0.25) is 0 Å². The summed E-state index contributed by atoms with van der Waals surface area (Å²) in [7, 11) is 2.13. The number of ether oxygens (including phenoxy) is 1. The molecule has 33 heavy (non-hydrogen) atoms. The summed E-state index contributed by atoms with van der Waals surface area (Å²) in [4.78, 5) is 21.2. The van der Waals surface area contributed by atoms with Crippen LogP contribution in [0.4, 0.5) is 4.39 Å². The average molecular weight is 449 g/mol. The van der Waals surface area contributed by atoms with Gasteiger partial charge in [-0.25, -0.2) is 4.39 Å². The zero-order chi connectivity index (χ0) is 23.0. The van der Waals surface area contributed by atoms with Crippen molar-refractivity contribution < 1.29 is 13.9 Å². The molecular formula is C26H29FN4O2. The van der Waals surface area contributed by atoms with Crippen molar-refractivity contribution in [1.82, 2.24) is 20.1 Å². The molecule has 0 atom stereocenters. The molecular weight excluding hydrogens is 419 g/mol. The average Bonchev–Trinajstić information content (AvgIpc) is 2.84. The van der Waals surface area contributed by atoms with Crippen molar-refractivity contribution in [2.75, 3.05) is 39.8 Å². The van der Waals surface area contributed by atoms with Gasteiger partial charge in [0.1, 0.15) is 11.6 Å². The van der Waals surface area contributed by atoms with Gasteiger partial charge in [-0.2, -0.15) is 0 Å². The number of carbonyl (C=O) groups excluding carboxylic acids is 1. The van der Waals surface area contributed by atoms with Crippen molar-refractivity contribution in [3.05, 3.63) is 83.9 Å². The normalized spacial score (nSPS) is 14.7. The molecule has 0 aliphatic carbocycles. The number of aromatic nitrogens is 1. The second-order valence-corrected chi connectivity index (χ2v) is 8.30. The van der Waals surface area contributed by atoms with Gasteiger partial charge in [0.05, 0.1) is 12.2 Å². The summed E-state index contributed by atoms with van der Waals surface area (Å²) in [6.45, 7) is 5.00. The number of likely N-dealkylation sites (N-methyl/N-ethyl adjacent to an activating group) is 1. The molecule has 1 fully saturated rings. The van der Waals surface area contributed by atoms with Crippen LogP contribution in [0.2, 0.25) is 0 Å². The van der Waals surface area contributed by atoms with E-state index in [2.05, 4.69) is 33.2 Å². The van der Waals surface area contributed by atoms with Gasteiger partial charge in [0.15, 0.2) is 6.61 Å². The lowest BCUT2D eigenvalue weighted by atomic mass is 10.0. The van der Waals surface area contributed by atoms with E-state index in [1.807, 2.05) is 30.3 Å². The molecule has 0 radical (unpaired) electrons. The number of hydrogen-bond donors (Lipinski definition) is 1. The Kier molecular flexibility index (Phi) is 7.65. The van der Waals surface area contributed by atoms with Gasteiger partial charge in [-0.15, -0.1) is 0 Å². The van der Waals surface area contributed by atoms with Crippen LogP contribution < -0.4 is 10.1 Å². The Bertz CT molecular complexity index is 1050. The largest absolute Gasteiger partial charge is 0.483 e. The summed E-state index contributed by atoms with van der Waals surface area (Å²) >= 11 is 0. The highest BCUT2D eigenvalue weighted by molar-refractivity contribution is 5.77. The number of pyridine rings is 1. The maximum atomic E-state index is 13.4. The lowest BCUT2D eigenvalue weighted by molar-refractivity contribution is -0.123. The summed E-state index contributed by atoms with van der Waals surface area (Å²) in [5.74, 6) is 0.231. The van der Waals surface area contributed by atoms with E-state index in [1.165, 1.54) is 12.1 Å². The Balaban J connectivity index is 1.45. The monoisotopic (exact) mass is 448 g/mol. The van der Waals surface area contributed by atoms with Gasteiger partial charge in [0, 0.05) is 44.5 Å². The number of carbonyl (C=O) groups is 1. The first-order valence-electron chi connectivity index (χ1n) is 11.2. The number of nitrogens with zero attached hydrogens (tertiary/aromatic N) is 3. The molecule has 1 amide bonds. The van der Waals surface area contributed by atoms with Crippen molar-refractivity contribution in [2.24, 2.45) is 0 Å². The summed E-state index contributed by atoms with van der Waals surface area (Å²) in [5, 5.41) is 2.84. The first-order chi connectivity index (χ1) is 16.1. The predicted molar refractivity (Wildman–Crippen MR) is 126 cm³/mol. The minimum Gasteiger partial charge on any atom is -0.483 e. The second-order valence-electron chi connectivity index (χ2n) is 8.30. The molecule has 6 nitrogen and oxygen atoms in total. The number of amides is 1. The van der Waals surface area contributed by atoms with Gasteiger partial charge >= 0.3 is 0 Å². The molecule has 0 spiro atoms. The van der Waals surface area contributed by atoms with Crippen LogP contribution in [-0.2, 0) is 17.9 Å². The van der Waals surface area contributed by atoms with Crippen molar-refractivity contribution >= 4 is 5.91 Å². The fourth-order valence-electron chi connectivity index (χ4n) is 3.80. The number of rotatable bonds is 8. The lowest BCUT2D eigenvalue weighted by Crippen LogP contribution is -2.43. The molecule has 2 heterocycles. The Labute approximate surface area is 194 Å². The van der Waals surface area contributed by atoms with E-state index >= 15 is 0 Å². The second kappa shape index (κ2) is 11.0. The fraction of sp³-hybridized carbons (Fsp3) is 0.308. The molecule has 2 aromatic carbocycles. The summed E-state index contributed by atoms with van der Waals surface area (Å²) < 4.78 is 19.3. The van der Waals surface area contributed by atoms with E-state index in [-0.39, 0.29) is 18.3 Å². The molecule has 172 valence electrons. The predicted octanol–water partition coefficient (Wildman–Crippen LogP) is 3.33. The van der Waals surface area contributed by atoms with Crippen LogP contribution in [0.5, 0.6) is 5.75 Å². The van der Waals surface area contributed by atoms with Gasteiger partial charge in [-0.05, 0) is 54.6 Å². The van der Waals surface area contributed by atoms with Gasteiger partial charge in [-0.3, -0.25) is 14.7 Å². The SMILES string of the molecule is CN1CCN(Cc2cc(-c3ccc(F)cc3)ccc2OCC(=O)NCc2ccccn2)CC1. The highest BCUT2D eigenvalue weighted by Gasteiger charge is 2.17. The molecule has 1 saturated heterocycles. The van der Waals surface area contributed by atoms with Crippen molar-refractivity contribution in [3.8, 4) is 16.9 Å². The molecule has 0 bridgehead atoms. The molecule has 7 heteroatoms. The lowest BCUT2D eigenvalue weighted by Gasteiger charge is -2.32. The van der Waals surface area contributed by atoms with Crippen LogP contribution in [0, 0.1) is 5.82 Å². The summed E-state index contributed by atoms with van der Waals surface area (Å²) in [6.07, 6.45) is 1.70. The van der Waals surface area contributed by atoms with E-state index in [0.29, 0.717) is 12.3 Å². The maximum absolute atomic E-state index is 13.4. The van der Waals surface area contributed by atoms with Gasteiger partial charge in [0.25, 0.3) is 5.91 Å². The molecule has 1 aromatic heterocycles. The summed E-state index contributed by atoms with van der Waals surface area (Å²) in [5.41, 5.74) is 3.74. The van der Waals surface area contributed by atoms with E-state index in [0.717, 1.165) is 55.1 Å². The Morgan fingerprint density at radius 3 is 2.52 bits per heavy atom. The highest BCUT2D eigenvalue weighted by atomic mass is 19.1. The van der Waals surface area contributed by atoms with E-state index in [9.17, 15) is 9.18 Å². The number of benzene rings is 2. The topological polar surface area (TPSA) is 57.7 Å². The Morgan fingerprint density at radius 2 is 1.79 bits per heavy atom.